The lowest BCUT2D eigenvalue weighted by Crippen LogP contribution is -2.38. The molecule has 0 aromatic carbocycles. The number of hydrogen-bond donors (Lipinski definition) is 2. The lowest BCUT2D eigenvalue weighted by Gasteiger charge is -2.16. The monoisotopic (exact) mass is 195 g/mol. The second-order valence-corrected chi connectivity index (χ2v) is 3.69. The highest BCUT2D eigenvalue weighted by Gasteiger charge is 2.29. The molecule has 0 aliphatic carbocycles. The molecule has 0 aromatic heterocycles. The van der Waals surface area contributed by atoms with Gasteiger partial charge in [0.1, 0.15) is 6.23 Å². The Morgan fingerprint density at radius 2 is 2.25 bits per heavy atom. The first-order valence-electron chi connectivity index (χ1n) is 4.14. The van der Waals surface area contributed by atoms with Crippen LogP contribution in [0.3, 0.4) is 0 Å². The van der Waals surface area contributed by atoms with Gasteiger partial charge in [0, 0.05) is 12.1 Å². The molecule has 0 radical (unpaired) electrons. The maximum atomic E-state index is 8.57. The molecule has 1 saturated heterocycles. The number of aliphatic hydroxyl groups is 1. The third-order valence-corrected chi connectivity index (χ3v) is 1.82. The average Bonchev–Trinajstić information content (AvgIpc) is 2.26. The summed E-state index contributed by atoms with van der Waals surface area (Å²) >= 11 is 0. The van der Waals surface area contributed by atoms with E-state index in [1.165, 1.54) is 0 Å². The molecule has 0 saturated carbocycles. The van der Waals surface area contributed by atoms with Crippen molar-refractivity contribution in [1.82, 2.24) is 5.32 Å². The largest absolute Gasteiger partial charge is 0.396 e. The lowest BCUT2D eigenvalue weighted by atomic mass is 10.1. The zero-order valence-corrected chi connectivity index (χ0v) is 8.49. The minimum atomic E-state index is 0. The molecule has 4 heteroatoms. The van der Waals surface area contributed by atoms with Gasteiger partial charge in [-0.25, -0.2) is 0 Å². The van der Waals surface area contributed by atoms with Gasteiger partial charge in [-0.2, -0.15) is 0 Å². The molecule has 1 heterocycles. The first kappa shape index (κ1) is 12.2. The van der Waals surface area contributed by atoms with Crippen LogP contribution in [0.5, 0.6) is 0 Å². The van der Waals surface area contributed by atoms with E-state index in [1.807, 2.05) is 0 Å². The molecule has 1 unspecified atom stereocenters. The van der Waals surface area contributed by atoms with Crippen LogP contribution >= 0.6 is 12.4 Å². The fraction of sp³-hybridized carbons (Fsp3) is 1.00. The van der Waals surface area contributed by atoms with Gasteiger partial charge in [0.05, 0.1) is 6.61 Å². The number of halogens is 1. The molecule has 1 aliphatic heterocycles. The Labute approximate surface area is 79.9 Å². The molecule has 3 nitrogen and oxygen atoms in total. The van der Waals surface area contributed by atoms with Crippen molar-refractivity contribution >= 4 is 12.4 Å². The number of ether oxygens (including phenoxy) is 1. The van der Waals surface area contributed by atoms with Gasteiger partial charge in [0.15, 0.2) is 0 Å². The van der Waals surface area contributed by atoms with E-state index in [1.54, 1.807) is 0 Å². The summed E-state index contributed by atoms with van der Waals surface area (Å²) in [5.74, 6) is 0. The summed E-state index contributed by atoms with van der Waals surface area (Å²) in [4.78, 5) is 0. The third-order valence-electron chi connectivity index (χ3n) is 1.82. The molecule has 0 bridgehead atoms. The highest BCUT2D eigenvalue weighted by atomic mass is 35.5. The SMILES string of the molecule is CC1(C)COC(CCCO)N1.Cl. The van der Waals surface area contributed by atoms with Crippen LogP contribution in [0, 0.1) is 0 Å². The Morgan fingerprint density at radius 3 is 2.67 bits per heavy atom. The van der Waals surface area contributed by atoms with Gasteiger partial charge < -0.3 is 9.84 Å². The van der Waals surface area contributed by atoms with Crippen LogP contribution in [0.4, 0.5) is 0 Å². The molecule has 2 N–H and O–H groups in total. The van der Waals surface area contributed by atoms with Crippen LogP contribution < -0.4 is 5.32 Å². The summed E-state index contributed by atoms with van der Waals surface area (Å²) in [6, 6.07) is 0. The minimum absolute atomic E-state index is 0. The van der Waals surface area contributed by atoms with Gasteiger partial charge in [0.25, 0.3) is 0 Å². The van der Waals surface area contributed by atoms with Crippen molar-refractivity contribution in [2.45, 2.75) is 38.5 Å². The Bertz CT molecular complexity index is 130. The van der Waals surface area contributed by atoms with Crippen molar-refractivity contribution in [2.24, 2.45) is 0 Å². The minimum Gasteiger partial charge on any atom is -0.396 e. The Balaban J connectivity index is 0.00000121. The van der Waals surface area contributed by atoms with Crippen molar-refractivity contribution < 1.29 is 9.84 Å². The zero-order valence-electron chi connectivity index (χ0n) is 7.67. The highest BCUT2D eigenvalue weighted by Crippen LogP contribution is 2.16. The van der Waals surface area contributed by atoms with Gasteiger partial charge >= 0.3 is 0 Å². The molecular weight excluding hydrogens is 178 g/mol. The van der Waals surface area contributed by atoms with E-state index in [0.717, 1.165) is 19.4 Å². The van der Waals surface area contributed by atoms with E-state index in [-0.39, 0.29) is 30.8 Å². The maximum Gasteiger partial charge on any atom is 0.108 e. The summed E-state index contributed by atoms with van der Waals surface area (Å²) in [5.41, 5.74) is 0.111. The normalized spacial score (nSPS) is 26.8. The summed E-state index contributed by atoms with van der Waals surface area (Å²) in [5, 5.41) is 11.9. The first-order valence-corrected chi connectivity index (χ1v) is 4.14. The molecule has 0 spiro atoms. The van der Waals surface area contributed by atoms with Gasteiger partial charge in [-0.3, -0.25) is 5.32 Å². The molecule has 1 aliphatic rings. The van der Waals surface area contributed by atoms with E-state index in [2.05, 4.69) is 19.2 Å². The van der Waals surface area contributed by atoms with E-state index in [9.17, 15) is 0 Å². The quantitative estimate of drug-likeness (QED) is 0.704. The van der Waals surface area contributed by atoms with E-state index in [0.29, 0.717) is 0 Å². The predicted molar refractivity (Wildman–Crippen MR) is 50.5 cm³/mol. The molecule has 1 rings (SSSR count). The number of aliphatic hydroxyl groups excluding tert-OH is 1. The van der Waals surface area contributed by atoms with Crippen molar-refractivity contribution in [3.63, 3.8) is 0 Å². The second kappa shape index (κ2) is 5.02. The molecule has 1 atom stereocenters. The van der Waals surface area contributed by atoms with Gasteiger partial charge in [-0.05, 0) is 26.7 Å². The molecule has 74 valence electrons. The van der Waals surface area contributed by atoms with Crippen molar-refractivity contribution in [1.29, 1.82) is 0 Å². The summed E-state index contributed by atoms with van der Waals surface area (Å²) < 4.78 is 5.45. The van der Waals surface area contributed by atoms with Crippen LogP contribution in [-0.4, -0.2) is 30.1 Å². The Morgan fingerprint density at radius 1 is 1.58 bits per heavy atom. The van der Waals surface area contributed by atoms with Crippen LogP contribution in [0.25, 0.3) is 0 Å². The lowest BCUT2D eigenvalue weighted by molar-refractivity contribution is 0.0851. The van der Waals surface area contributed by atoms with Crippen molar-refractivity contribution in [3.05, 3.63) is 0 Å². The average molecular weight is 196 g/mol. The summed E-state index contributed by atoms with van der Waals surface area (Å²) in [6.07, 6.45) is 1.87. The van der Waals surface area contributed by atoms with E-state index in [4.69, 9.17) is 9.84 Å². The Kier molecular flexibility index (Phi) is 5.09. The van der Waals surface area contributed by atoms with Gasteiger partial charge in [-0.15, -0.1) is 12.4 Å². The van der Waals surface area contributed by atoms with Crippen LogP contribution in [0.1, 0.15) is 26.7 Å². The van der Waals surface area contributed by atoms with Crippen LogP contribution in [-0.2, 0) is 4.74 Å². The molecule has 0 aromatic rings. The van der Waals surface area contributed by atoms with E-state index >= 15 is 0 Å². The molecule has 1 fully saturated rings. The van der Waals surface area contributed by atoms with Crippen molar-refractivity contribution in [3.8, 4) is 0 Å². The van der Waals surface area contributed by atoms with Gasteiger partial charge in [-0.1, -0.05) is 0 Å². The van der Waals surface area contributed by atoms with E-state index < -0.39 is 0 Å². The Hall–Kier alpha value is 0.170. The van der Waals surface area contributed by atoms with Crippen LogP contribution in [0.2, 0.25) is 0 Å². The molecule has 12 heavy (non-hydrogen) atoms. The second-order valence-electron chi connectivity index (χ2n) is 3.69. The van der Waals surface area contributed by atoms with Crippen LogP contribution in [0.15, 0.2) is 0 Å². The van der Waals surface area contributed by atoms with Gasteiger partial charge in [0.2, 0.25) is 0 Å². The fourth-order valence-electron chi connectivity index (χ4n) is 1.26. The predicted octanol–water partition coefficient (Wildman–Crippen LogP) is 0.905. The first-order chi connectivity index (χ1) is 5.14. The smallest absolute Gasteiger partial charge is 0.108 e. The number of rotatable bonds is 3. The number of nitrogens with one attached hydrogen (secondary N) is 1. The number of hydrogen-bond acceptors (Lipinski definition) is 3. The topological polar surface area (TPSA) is 41.5 Å². The summed E-state index contributed by atoms with van der Waals surface area (Å²) in [7, 11) is 0. The molecule has 0 amide bonds. The summed E-state index contributed by atoms with van der Waals surface area (Å²) in [6.45, 7) is 5.25. The fourth-order valence-corrected chi connectivity index (χ4v) is 1.26. The third kappa shape index (κ3) is 3.72. The maximum absolute atomic E-state index is 8.57. The van der Waals surface area contributed by atoms with Crippen molar-refractivity contribution in [2.75, 3.05) is 13.2 Å². The highest BCUT2D eigenvalue weighted by molar-refractivity contribution is 5.85. The standard InChI is InChI=1S/C8H17NO2.ClH/c1-8(2)6-11-7(9-8)4-3-5-10;/h7,9-10H,3-6H2,1-2H3;1H. The molecular formula is C8H18ClNO2. The zero-order chi connectivity index (χ0) is 8.32.